The normalized spacial score (nSPS) is 11.3. The molecular formula is C14H20ClN3O3. The van der Waals surface area contributed by atoms with Gasteiger partial charge >= 0.3 is 5.97 Å². The van der Waals surface area contributed by atoms with E-state index in [2.05, 4.69) is 5.10 Å². The maximum Gasteiger partial charge on any atom is 0.323 e. The molecule has 0 aliphatic rings. The predicted octanol–water partition coefficient (Wildman–Crippen LogP) is 1.96. The van der Waals surface area contributed by atoms with Crippen LogP contribution < -0.4 is 0 Å². The molecule has 0 saturated heterocycles. The fourth-order valence-electron chi connectivity index (χ4n) is 1.93. The molecule has 6 nitrogen and oxygen atoms in total. The third kappa shape index (κ3) is 4.90. The molecule has 116 valence electrons. The number of rotatable bonds is 6. The van der Waals surface area contributed by atoms with Crippen LogP contribution in [0.4, 0.5) is 0 Å². The molecule has 1 rings (SSSR count). The SMILES string of the molecule is Cc1nn(C)c(Cl)c1C=CC(=O)N(CC(=O)O)CC(C)C. The van der Waals surface area contributed by atoms with Gasteiger partial charge in [-0.1, -0.05) is 25.4 Å². The molecule has 0 spiro atoms. The minimum absolute atomic E-state index is 0.186. The van der Waals surface area contributed by atoms with E-state index in [-0.39, 0.29) is 18.4 Å². The van der Waals surface area contributed by atoms with Crippen molar-refractivity contribution < 1.29 is 14.7 Å². The second-order valence-corrected chi connectivity index (χ2v) is 5.61. The molecule has 0 saturated carbocycles. The van der Waals surface area contributed by atoms with Crippen LogP contribution in [0.1, 0.15) is 25.1 Å². The zero-order valence-corrected chi connectivity index (χ0v) is 13.4. The fourth-order valence-corrected chi connectivity index (χ4v) is 2.17. The minimum atomic E-state index is -1.03. The summed E-state index contributed by atoms with van der Waals surface area (Å²) in [6.07, 6.45) is 2.91. The first-order valence-electron chi connectivity index (χ1n) is 6.60. The van der Waals surface area contributed by atoms with Crippen molar-refractivity contribution in [3.8, 4) is 0 Å². The molecule has 0 aliphatic heterocycles. The van der Waals surface area contributed by atoms with Gasteiger partial charge in [-0.2, -0.15) is 5.10 Å². The summed E-state index contributed by atoms with van der Waals surface area (Å²) >= 11 is 6.08. The number of carbonyl (C=O) groups excluding carboxylic acids is 1. The molecule has 1 amide bonds. The molecule has 0 fully saturated rings. The first-order chi connectivity index (χ1) is 9.72. The zero-order valence-electron chi connectivity index (χ0n) is 12.6. The van der Waals surface area contributed by atoms with E-state index in [0.717, 1.165) is 0 Å². The van der Waals surface area contributed by atoms with Crippen molar-refractivity contribution in [1.29, 1.82) is 0 Å². The number of nitrogens with zero attached hydrogens (tertiary/aromatic N) is 3. The maximum absolute atomic E-state index is 12.1. The van der Waals surface area contributed by atoms with Gasteiger partial charge in [0.25, 0.3) is 0 Å². The number of hydrogen-bond donors (Lipinski definition) is 1. The molecule has 7 heteroatoms. The molecule has 0 bridgehead atoms. The predicted molar refractivity (Wildman–Crippen MR) is 81.0 cm³/mol. The van der Waals surface area contributed by atoms with Crippen LogP contribution >= 0.6 is 11.6 Å². The first-order valence-corrected chi connectivity index (χ1v) is 6.98. The van der Waals surface area contributed by atoms with Gasteiger partial charge < -0.3 is 10.0 Å². The van der Waals surface area contributed by atoms with Crippen LogP contribution in [0.3, 0.4) is 0 Å². The lowest BCUT2D eigenvalue weighted by molar-refractivity contribution is -0.143. The van der Waals surface area contributed by atoms with E-state index < -0.39 is 5.97 Å². The standard InChI is InChI=1S/C14H20ClN3O3/c1-9(2)7-18(8-13(20)21)12(19)6-5-11-10(3)16-17(4)14(11)15/h5-6,9H,7-8H2,1-4H3,(H,20,21). The van der Waals surface area contributed by atoms with E-state index in [1.807, 2.05) is 13.8 Å². The van der Waals surface area contributed by atoms with Crippen LogP contribution in [0.15, 0.2) is 6.08 Å². The fraction of sp³-hybridized carbons (Fsp3) is 0.500. The molecular weight excluding hydrogens is 294 g/mol. The van der Waals surface area contributed by atoms with E-state index in [9.17, 15) is 9.59 Å². The van der Waals surface area contributed by atoms with Gasteiger partial charge in [0.1, 0.15) is 11.7 Å². The number of aryl methyl sites for hydroxylation is 2. The van der Waals surface area contributed by atoms with E-state index in [1.165, 1.54) is 15.7 Å². The first kappa shape index (κ1) is 17.2. The van der Waals surface area contributed by atoms with Gasteiger partial charge in [-0.05, 0) is 18.9 Å². The largest absolute Gasteiger partial charge is 0.480 e. The monoisotopic (exact) mass is 313 g/mol. The molecule has 1 aromatic heterocycles. The third-order valence-electron chi connectivity index (χ3n) is 2.81. The molecule has 1 N–H and O–H groups in total. The van der Waals surface area contributed by atoms with E-state index >= 15 is 0 Å². The molecule has 0 radical (unpaired) electrons. The van der Waals surface area contributed by atoms with Gasteiger partial charge in [-0.15, -0.1) is 0 Å². The molecule has 21 heavy (non-hydrogen) atoms. The average molecular weight is 314 g/mol. The summed E-state index contributed by atoms with van der Waals surface area (Å²) in [5, 5.41) is 13.5. The van der Waals surface area contributed by atoms with Crippen molar-refractivity contribution in [3.63, 3.8) is 0 Å². The Morgan fingerprint density at radius 1 is 1.48 bits per heavy atom. The Bertz CT molecular complexity index is 564. The summed E-state index contributed by atoms with van der Waals surface area (Å²) in [6, 6.07) is 0. The second-order valence-electron chi connectivity index (χ2n) is 5.25. The highest BCUT2D eigenvalue weighted by Crippen LogP contribution is 2.20. The van der Waals surface area contributed by atoms with Crippen LogP contribution in [0.25, 0.3) is 6.08 Å². The number of carbonyl (C=O) groups is 2. The van der Waals surface area contributed by atoms with Crippen LogP contribution in [0.5, 0.6) is 0 Å². The van der Waals surface area contributed by atoms with Gasteiger partial charge in [-0.3, -0.25) is 14.3 Å². The zero-order chi connectivity index (χ0) is 16.2. The van der Waals surface area contributed by atoms with Crippen molar-refractivity contribution >= 4 is 29.6 Å². The maximum atomic E-state index is 12.1. The van der Waals surface area contributed by atoms with Crippen molar-refractivity contribution in [2.75, 3.05) is 13.1 Å². The summed E-state index contributed by atoms with van der Waals surface area (Å²) in [5.74, 6) is -1.20. The average Bonchev–Trinajstić information content (AvgIpc) is 2.59. The van der Waals surface area contributed by atoms with E-state index in [1.54, 1.807) is 20.0 Å². The summed E-state index contributed by atoms with van der Waals surface area (Å²) in [5.41, 5.74) is 1.37. The second kappa shape index (κ2) is 7.26. The number of halogens is 1. The molecule has 0 atom stereocenters. The van der Waals surface area contributed by atoms with E-state index in [0.29, 0.717) is 23.0 Å². The highest BCUT2D eigenvalue weighted by molar-refractivity contribution is 6.31. The minimum Gasteiger partial charge on any atom is -0.480 e. The Labute approximate surface area is 129 Å². The highest BCUT2D eigenvalue weighted by atomic mass is 35.5. The van der Waals surface area contributed by atoms with Crippen LogP contribution in [0.2, 0.25) is 5.15 Å². The number of carboxylic acid groups (broad SMARTS) is 1. The summed E-state index contributed by atoms with van der Waals surface area (Å²) in [4.78, 5) is 24.2. The smallest absolute Gasteiger partial charge is 0.323 e. The number of amides is 1. The van der Waals surface area contributed by atoms with Gasteiger partial charge in [0, 0.05) is 25.2 Å². The quantitative estimate of drug-likeness (QED) is 0.815. The third-order valence-corrected chi connectivity index (χ3v) is 3.26. The lowest BCUT2D eigenvalue weighted by Gasteiger charge is -2.21. The molecule has 0 unspecified atom stereocenters. The Balaban J connectivity index is 2.89. The summed E-state index contributed by atoms with van der Waals surface area (Å²) in [6.45, 7) is 5.71. The number of aliphatic carboxylic acids is 1. The Hall–Kier alpha value is -1.82. The molecule has 1 heterocycles. The Kier molecular flexibility index (Phi) is 5.96. The van der Waals surface area contributed by atoms with Crippen LogP contribution in [-0.2, 0) is 16.6 Å². The van der Waals surface area contributed by atoms with Gasteiger partial charge in [0.05, 0.1) is 5.69 Å². The summed E-state index contributed by atoms with van der Waals surface area (Å²) < 4.78 is 1.52. The Morgan fingerprint density at radius 3 is 2.52 bits per heavy atom. The number of aromatic nitrogens is 2. The molecule has 0 aromatic carbocycles. The molecule has 0 aliphatic carbocycles. The highest BCUT2D eigenvalue weighted by Gasteiger charge is 2.16. The van der Waals surface area contributed by atoms with Gasteiger partial charge in [0.15, 0.2) is 0 Å². The van der Waals surface area contributed by atoms with Crippen LogP contribution in [0, 0.1) is 12.8 Å². The van der Waals surface area contributed by atoms with Gasteiger partial charge in [0.2, 0.25) is 5.91 Å². The van der Waals surface area contributed by atoms with Crippen molar-refractivity contribution in [2.45, 2.75) is 20.8 Å². The van der Waals surface area contributed by atoms with Crippen molar-refractivity contribution in [3.05, 3.63) is 22.5 Å². The Morgan fingerprint density at radius 2 is 2.10 bits per heavy atom. The number of carboxylic acids is 1. The van der Waals surface area contributed by atoms with Crippen molar-refractivity contribution in [1.82, 2.24) is 14.7 Å². The van der Waals surface area contributed by atoms with Gasteiger partial charge in [-0.25, -0.2) is 0 Å². The van der Waals surface area contributed by atoms with Crippen LogP contribution in [-0.4, -0.2) is 44.8 Å². The van der Waals surface area contributed by atoms with Crippen molar-refractivity contribution in [2.24, 2.45) is 13.0 Å². The topological polar surface area (TPSA) is 75.4 Å². The lowest BCUT2D eigenvalue weighted by Crippen LogP contribution is -2.37. The lowest BCUT2D eigenvalue weighted by atomic mass is 10.2. The van der Waals surface area contributed by atoms with E-state index in [4.69, 9.17) is 16.7 Å². The summed E-state index contributed by atoms with van der Waals surface area (Å²) in [7, 11) is 1.71. The number of hydrogen-bond acceptors (Lipinski definition) is 3. The molecule has 1 aromatic rings.